The maximum atomic E-state index is 11.8. The third-order valence-corrected chi connectivity index (χ3v) is 5.22. The molecule has 7 heteroatoms. The highest BCUT2D eigenvalue weighted by Crippen LogP contribution is 2.24. The summed E-state index contributed by atoms with van der Waals surface area (Å²) in [6.45, 7) is 4.58. The van der Waals surface area contributed by atoms with Gasteiger partial charge in [-0.15, -0.1) is 0 Å². The van der Waals surface area contributed by atoms with Crippen LogP contribution in [0.4, 0.5) is 5.82 Å². The van der Waals surface area contributed by atoms with E-state index in [1.165, 1.54) is 6.07 Å². The van der Waals surface area contributed by atoms with Crippen molar-refractivity contribution in [2.24, 2.45) is 5.92 Å². The summed E-state index contributed by atoms with van der Waals surface area (Å²) in [6.07, 6.45) is 6.37. The Morgan fingerprint density at radius 2 is 2.03 bits per heavy atom. The average molecular weight is 391 g/mol. The zero-order chi connectivity index (χ0) is 20.1. The molecular formula is C22H25N5O2. The minimum Gasteiger partial charge on any atom is -0.477 e. The number of rotatable bonds is 6. The van der Waals surface area contributed by atoms with Crippen molar-refractivity contribution in [2.45, 2.75) is 26.2 Å². The van der Waals surface area contributed by atoms with E-state index < -0.39 is 0 Å². The highest BCUT2D eigenvalue weighted by atomic mass is 16.5. The fraction of sp³-hybridized carbons (Fsp3) is 0.364. The number of aromatic nitrogens is 4. The Bertz CT molecular complexity index is 980. The fourth-order valence-electron chi connectivity index (χ4n) is 3.50. The van der Waals surface area contributed by atoms with Crippen molar-refractivity contribution >= 4 is 5.82 Å². The van der Waals surface area contributed by atoms with Crippen LogP contribution in [0.25, 0.3) is 11.4 Å². The molecule has 0 amide bonds. The second kappa shape index (κ2) is 8.86. The van der Waals surface area contributed by atoms with Crippen molar-refractivity contribution in [2.75, 3.05) is 24.6 Å². The van der Waals surface area contributed by atoms with E-state index >= 15 is 0 Å². The highest BCUT2D eigenvalue weighted by Gasteiger charge is 2.21. The Morgan fingerprint density at radius 3 is 2.72 bits per heavy atom. The number of anilines is 1. The second-order valence-electron chi connectivity index (χ2n) is 7.25. The van der Waals surface area contributed by atoms with Crippen molar-refractivity contribution in [3.05, 3.63) is 64.8 Å². The van der Waals surface area contributed by atoms with E-state index in [1.807, 2.05) is 37.3 Å². The first-order chi connectivity index (χ1) is 14.2. The van der Waals surface area contributed by atoms with Gasteiger partial charge in [-0.25, -0.2) is 15.0 Å². The molecule has 1 aliphatic rings. The van der Waals surface area contributed by atoms with Crippen LogP contribution in [0.3, 0.4) is 0 Å². The van der Waals surface area contributed by atoms with Gasteiger partial charge in [0.15, 0.2) is 0 Å². The van der Waals surface area contributed by atoms with Gasteiger partial charge in [-0.3, -0.25) is 4.79 Å². The molecule has 1 fully saturated rings. The molecule has 1 aliphatic heterocycles. The number of aryl methyl sites for hydroxylation is 1. The number of aromatic amines is 1. The minimum absolute atomic E-state index is 0.133. The largest absolute Gasteiger partial charge is 0.477 e. The summed E-state index contributed by atoms with van der Waals surface area (Å²) in [5.41, 5.74) is 1.47. The molecule has 0 spiro atoms. The normalized spacial score (nSPS) is 14.7. The zero-order valence-electron chi connectivity index (χ0n) is 16.5. The summed E-state index contributed by atoms with van der Waals surface area (Å²) in [7, 11) is 0. The van der Waals surface area contributed by atoms with E-state index in [4.69, 9.17) is 4.74 Å². The van der Waals surface area contributed by atoms with Gasteiger partial charge >= 0.3 is 0 Å². The number of piperidine rings is 1. The number of hydrogen-bond donors (Lipinski definition) is 1. The third-order valence-electron chi connectivity index (χ3n) is 5.22. The first kappa shape index (κ1) is 19.1. The quantitative estimate of drug-likeness (QED) is 0.695. The molecule has 0 atom stereocenters. The van der Waals surface area contributed by atoms with E-state index in [-0.39, 0.29) is 5.56 Å². The Labute approximate surface area is 169 Å². The standard InChI is InChI=1S/C22H25N5O2/c1-2-18-13-20(28)26-22(25-18)17-6-7-19(24-14-17)27-11-8-16(9-12-27)15-29-21-5-3-4-10-23-21/h3-7,10,13-14,16H,2,8-9,11-12,15H2,1H3,(H,25,26,28). The van der Waals surface area contributed by atoms with E-state index in [9.17, 15) is 4.79 Å². The van der Waals surface area contributed by atoms with Crippen molar-refractivity contribution in [1.29, 1.82) is 0 Å². The number of hydrogen-bond acceptors (Lipinski definition) is 6. The molecule has 4 heterocycles. The summed E-state index contributed by atoms with van der Waals surface area (Å²) >= 11 is 0. The van der Waals surface area contributed by atoms with E-state index in [1.54, 1.807) is 12.4 Å². The van der Waals surface area contributed by atoms with Crippen molar-refractivity contribution in [3.63, 3.8) is 0 Å². The van der Waals surface area contributed by atoms with Crippen LogP contribution in [0.5, 0.6) is 5.88 Å². The Kier molecular flexibility index (Phi) is 5.84. The molecule has 150 valence electrons. The molecule has 29 heavy (non-hydrogen) atoms. The van der Waals surface area contributed by atoms with E-state index in [2.05, 4.69) is 24.8 Å². The van der Waals surface area contributed by atoms with E-state index in [0.717, 1.165) is 49.4 Å². The summed E-state index contributed by atoms with van der Waals surface area (Å²) in [5, 5.41) is 0. The number of nitrogens with zero attached hydrogens (tertiary/aromatic N) is 4. The number of ether oxygens (including phenoxy) is 1. The fourth-order valence-corrected chi connectivity index (χ4v) is 3.50. The van der Waals surface area contributed by atoms with Gasteiger partial charge in [0.05, 0.1) is 6.61 Å². The van der Waals surface area contributed by atoms with Crippen LogP contribution in [0, 0.1) is 5.92 Å². The molecule has 1 saturated heterocycles. The summed E-state index contributed by atoms with van der Waals surface area (Å²) < 4.78 is 5.80. The van der Waals surface area contributed by atoms with Crippen molar-refractivity contribution in [3.8, 4) is 17.3 Å². The van der Waals surface area contributed by atoms with Gasteiger partial charge in [-0.05, 0) is 43.4 Å². The lowest BCUT2D eigenvalue weighted by atomic mass is 9.98. The Morgan fingerprint density at radius 1 is 1.17 bits per heavy atom. The van der Waals surface area contributed by atoms with Gasteiger partial charge in [0.2, 0.25) is 5.88 Å². The summed E-state index contributed by atoms with van der Waals surface area (Å²) in [5.74, 6) is 2.73. The van der Waals surface area contributed by atoms with Gasteiger partial charge in [-0.1, -0.05) is 13.0 Å². The molecule has 0 aromatic carbocycles. The molecule has 4 rings (SSSR count). The Hall–Kier alpha value is -3.22. The molecule has 0 radical (unpaired) electrons. The van der Waals surface area contributed by atoms with Gasteiger partial charge in [-0.2, -0.15) is 0 Å². The van der Waals surface area contributed by atoms with Crippen LogP contribution in [0.1, 0.15) is 25.5 Å². The van der Waals surface area contributed by atoms with Gasteiger partial charge in [0.1, 0.15) is 11.6 Å². The van der Waals surface area contributed by atoms with Gasteiger partial charge < -0.3 is 14.6 Å². The molecular weight excluding hydrogens is 366 g/mol. The lowest BCUT2D eigenvalue weighted by Crippen LogP contribution is -2.36. The highest BCUT2D eigenvalue weighted by molar-refractivity contribution is 5.56. The van der Waals surface area contributed by atoms with Crippen molar-refractivity contribution < 1.29 is 4.74 Å². The van der Waals surface area contributed by atoms with E-state index in [0.29, 0.717) is 24.2 Å². The first-order valence-corrected chi connectivity index (χ1v) is 10.1. The van der Waals surface area contributed by atoms with Crippen LogP contribution in [-0.2, 0) is 6.42 Å². The van der Waals surface area contributed by atoms with Crippen LogP contribution >= 0.6 is 0 Å². The van der Waals surface area contributed by atoms with Gasteiger partial charge in [0, 0.05) is 48.9 Å². The topological polar surface area (TPSA) is 84.0 Å². The molecule has 7 nitrogen and oxygen atoms in total. The van der Waals surface area contributed by atoms with Crippen molar-refractivity contribution in [1.82, 2.24) is 19.9 Å². The van der Waals surface area contributed by atoms with Crippen LogP contribution in [0.15, 0.2) is 53.6 Å². The second-order valence-corrected chi connectivity index (χ2v) is 7.25. The predicted octanol–water partition coefficient (Wildman–Crippen LogP) is 3.08. The third kappa shape index (κ3) is 4.80. The predicted molar refractivity (Wildman–Crippen MR) is 112 cm³/mol. The zero-order valence-corrected chi connectivity index (χ0v) is 16.5. The number of pyridine rings is 2. The number of H-pyrrole nitrogens is 1. The SMILES string of the molecule is CCc1cc(=O)[nH]c(-c2ccc(N3CCC(COc4ccccn4)CC3)nc2)n1. The molecule has 0 unspecified atom stereocenters. The molecule has 3 aromatic rings. The van der Waals surface area contributed by atoms with Crippen LogP contribution in [-0.4, -0.2) is 39.6 Å². The smallest absolute Gasteiger partial charge is 0.251 e. The molecule has 3 aromatic heterocycles. The molecule has 0 saturated carbocycles. The minimum atomic E-state index is -0.133. The number of nitrogens with one attached hydrogen (secondary N) is 1. The Balaban J connectivity index is 1.34. The lowest BCUT2D eigenvalue weighted by Gasteiger charge is -2.32. The van der Waals surface area contributed by atoms with Crippen LogP contribution in [0.2, 0.25) is 0 Å². The summed E-state index contributed by atoms with van der Waals surface area (Å²) in [6, 6.07) is 11.2. The summed E-state index contributed by atoms with van der Waals surface area (Å²) in [4.78, 5) is 30.2. The van der Waals surface area contributed by atoms with Crippen LogP contribution < -0.4 is 15.2 Å². The maximum Gasteiger partial charge on any atom is 0.251 e. The lowest BCUT2D eigenvalue weighted by molar-refractivity contribution is 0.216. The molecule has 0 bridgehead atoms. The first-order valence-electron chi connectivity index (χ1n) is 10.1. The molecule has 1 N–H and O–H groups in total. The van der Waals surface area contributed by atoms with Gasteiger partial charge in [0.25, 0.3) is 5.56 Å². The monoisotopic (exact) mass is 391 g/mol. The molecule has 0 aliphatic carbocycles. The maximum absolute atomic E-state index is 11.8. The average Bonchev–Trinajstić information content (AvgIpc) is 2.78.